The zero-order valence-corrected chi connectivity index (χ0v) is 27.2. The summed E-state index contributed by atoms with van der Waals surface area (Å²) in [6.07, 6.45) is 38.8. The predicted molar refractivity (Wildman–Crippen MR) is 174 cm³/mol. The molecule has 41 heavy (non-hydrogen) atoms. The largest absolute Gasteiger partial charge is 0.481 e. The van der Waals surface area contributed by atoms with Gasteiger partial charge in [0, 0.05) is 12.8 Å². The molecule has 242 valence electrons. The number of epoxide rings is 1. The molecule has 0 aromatic heterocycles. The summed E-state index contributed by atoms with van der Waals surface area (Å²) in [5.74, 6) is -1.33. The molecule has 0 radical (unpaired) electrons. The molecule has 5 heteroatoms. The lowest BCUT2D eigenvalue weighted by molar-refractivity contribution is -0.138. The second kappa shape index (κ2) is 31.6. The Kier molecular flexibility index (Phi) is 30.5. The van der Waals surface area contributed by atoms with Crippen LogP contribution in [0.15, 0.2) is 12.2 Å². The van der Waals surface area contributed by atoms with Crippen molar-refractivity contribution in [3.63, 3.8) is 0 Å². The molecule has 1 rings (SSSR count). The van der Waals surface area contributed by atoms with Crippen LogP contribution in [-0.2, 0) is 14.3 Å². The number of hydrogen-bond acceptors (Lipinski definition) is 3. The molecule has 1 saturated heterocycles. The molecule has 1 heterocycles. The Labute approximate surface area is 254 Å². The molecule has 5 nitrogen and oxygen atoms in total. The van der Waals surface area contributed by atoms with Gasteiger partial charge in [0.15, 0.2) is 0 Å². The van der Waals surface area contributed by atoms with Gasteiger partial charge in [-0.2, -0.15) is 0 Å². The van der Waals surface area contributed by atoms with Gasteiger partial charge in [-0.25, -0.2) is 0 Å². The summed E-state index contributed by atoms with van der Waals surface area (Å²) in [4.78, 5) is 20.7. The van der Waals surface area contributed by atoms with Crippen molar-refractivity contribution in [2.45, 2.75) is 206 Å². The maximum atomic E-state index is 10.4. The maximum absolute atomic E-state index is 10.4. The molecule has 1 aliphatic heterocycles. The summed E-state index contributed by atoms with van der Waals surface area (Å²) in [6.45, 7) is 4.52. The highest BCUT2D eigenvalue weighted by Crippen LogP contribution is 2.31. The number of carbonyl (C=O) groups is 2. The topological polar surface area (TPSA) is 87.1 Å². The molecule has 1 fully saturated rings. The van der Waals surface area contributed by atoms with Crippen LogP contribution in [0.3, 0.4) is 0 Å². The van der Waals surface area contributed by atoms with E-state index in [1.165, 1.54) is 141 Å². The number of carboxylic acids is 2. The highest BCUT2D eigenvalue weighted by molar-refractivity contribution is 5.66. The number of allylic oxidation sites excluding steroid dienone is 2. The summed E-state index contributed by atoms with van der Waals surface area (Å²) in [6, 6.07) is 0. The first-order chi connectivity index (χ1) is 20.0. The molecule has 2 unspecified atom stereocenters. The van der Waals surface area contributed by atoms with Gasteiger partial charge in [0.2, 0.25) is 0 Å². The van der Waals surface area contributed by atoms with Crippen LogP contribution in [0.1, 0.15) is 194 Å². The van der Waals surface area contributed by atoms with E-state index in [1.807, 2.05) is 0 Å². The highest BCUT2D eigenvalue weighted by Gasteiger charge is 2.36. The quantitative estimate of drug-likeness (QED) is 0.0501. The minimum atomic E-state index is -0.668. The van der Waals surface area contributed by atoms with E-state index < -0.39 is 11.9 Å². The van der Waals surface area contributed by atoms with Crippen LogP contribution >= 0.6 is 0 Å². The maximum Gasteiger partial charge on any atom is 0.303 e. The summed E-state index contributed by atoms with van der Waals surface area (Å²) >= 11 is 0. The Balaban J connectivity index is 0.000000782. The van der Waals surface area contributed by atoms with E-state index in [1.54, 1.807) is 0 Å². The molecule has 0 aliphatic carbocycles. The minimum absolute atomic E-state index is 0.325. The standard InChI is InChI=1S/C18H34O3.C18H34O2/c1-2-3-4-5-7-10-13-16-17(21-16)14-11-8-6-9-12-15-18(19)20;1-2-3-4-5-6-7-8-9-10-11-12-13-14-15-16-17-18(19)20/h16-17H,2-15H2,1H3,(H,19,20);9-10H,2-8,11-17H2,1H3,(H,19,20). The van der Waals surface area contributed by atoms with Crippen molar-refractivity contribution in [1.29, 1.82) is 0 Å². The lowest BCUT2D eigenvalue weighted by Crippen LogP contribution is -1.95. The van der Waals surface area contributed by atoms with Crippen molar-refractivity contribution in [1.82, 2.24) is 0 Å². The fourth-order valence-corrected chi connectivity index (χ4v) is 5.31. The van der Waals surface area contributed by atoms with Crippen molar-refractivity contribution in [2.24, 2.45) is 0 Å². The van der Waals surface area contributed by atoms with Crippen molar-refractivity contribution in [3.8, 4) is 0 Å². The van der Waals surface area contributed by atoms with Crippen molar-refractivity contribution in [2.75, 3.05) is 0 Å². The fraction of sp³-hybridized carbons (Fsp3) is 0.889. The van der Waals surface area contributed by atoms with Crippen molar-refractivity contribution in [3.05, 3.63) is 12.2 Å². The lowest BCUT2D eigenvalue weighted by atomic mass is 10.0. The molecule has 0 amide bonds. The Bertz CT molecular complexity index is 603. The Morgan fingerprint density at radius 2 is 0.805 bits per heavy atom. The van der Waals surface area contributed by atoms with Gasteiger partial charge in [-0.15, -0.1) is 0 Å². The van der Waals surface area contributed by atoms with Crippen LogP contribution in [0.25, 0.3) is 0 Å². The van der Waals surface area contributed by atoms with Crippen LogP contribution in [0, 0.1) is 0 Å². The van der Waals surface area contributed by atoms with Gasteiger partial charge in [-0.05, 0) is 51.4 Å². The number of hydrogen-bond donors (Lipinski definition) is 2. The minimum Gasteiger partial charge on any atom is -0.481 e. The smallest absolute Gasteiger partial charge is 0.303 e. The monoisotopic (exact) mass is 581 g/mol. The fourth-order valence-electron chi connectivity index (χ4n) is 5.31. The molecular formula is C36H68O5. The van der Waals surface area contributed by atoms with Crippen molar-refractivity contribution >= 4 is 11.9 Å². The predicted octanol–water partition coefficient (Wildman–Crippen LogP) is 11.4. The van der Waals surface area contributed by atoms with E-state index in [9.17, 15) is 9.59 Å². The molecule has 2 atom stereocenters. The second-order valence-corrected chi connectivity index (χ2v) is 12.2. The molecular weight excluding hydrogens is 512 g/mol. The highest BCUT2D eigenvalue weighted by atomic mass is 16.6. The van der Waals surface area contributed by atoms with Gasteiger partial charge in [-0.3, -0.25) is 9.59 Å². The first-order valence-corrected chi connectivity index (χ1v) is 17.7. The molecule has 0 bridgehead atoms. The van der Waals surface area contributed by atoms with Gasteiger partial charge in [0.25, 0.3) is 0 Å². The second-order valence-electron chi connectivity index (χ2n) is 12.2. The molecule has 0 spiro atoms. The third-order valence-corrected chi connectivity index (χ3v) is 8.06. The van der Waals surface area contributed by atoms with Crippen LogP contribution in [0.4, 0.5) is 0 Å². The van der Waals surface area contributed by atoms with Gasteiger partial charge < -0.3 is 14.9 Å². The molecule has 0 aromatic rings. The summed E-state index contributed by atoms with van der Waals surface area (Å²) < 4.78 is 5.73. The average molecular weight is 581 g/mol. The van der Waals surface area contributed by atoms with E-state index in [2.05, 4.69) is 26.0 Å². The van der Waals surface area contributed by atoms with Crippen LogP contribution in [0.5, 0.6) is 0 Å². The molecule has 2 N–H and O–H groups in total. The number of aliphatic carboxylic acids is 2. The van der Waals surface area contributed by atoms with E-state index >= 15 is 0 Å². The Morgan fingerprint density at radius 3 is 1.17 bits per heavy atom. The van der Waals surface area contributed by atoms with Gasteiger partial charge in [-0.1, -0.05) is 142 Å². The van der Waals surface area contributed by atoms with Crippen LogP contribution in [0.2, 0.25) is 0 Å². The van der Waals surface area contributed by atoms with Crippen LogP contribution < -0.4 is 0 Å². The summed E-state index contributed by atoms with van der Waals surface area (Å²) in [7, 11) is 0. The third kappa shape index (κ3) is 33.0. The Morgan fingerprint density at radius 1 is 0.488 bits per heavy atom. The Hall–Kier alpha value is -1.36. The summed E-state index contributed by atoms with van der Waals surface area (Å²) in [5.41, 5.74) is 0. The van der Waals surface area contributed by atoms with Gasteiger partial charge in [0.05, 0.1) is 12.2 Å². The number of rotatable bonds is 30. The summed E-state index contributed by atoms with van der Waals surface area (Å²) in [5, 5.41) is 17.0. The van der Waals surface area contributed by atoms with E-state index in [4.69, 9.17) is 14.9 Å². The van der Waals surface area contributed by atoms with Crippen LogP contribution in [-0.4, -0.2) is 34.4 Å². The zero-order valence-electron chi connectivity index (χ0n) is 27.2. The van der Waals surface area contributed by atoms with E-state index in [-0.39, 0.29) is 0 Å². The van der Waals surface area contributed by atoms with Gasteiger partial charge >= 0.3 is 11.9 Å². The van der Waals surface area contributed by atoms with E-state index in [0.29, 0.717) is 25.0 Å². The molecule has 1 aliphatic rings. The first kappa shape index (κ1) is 39.6. The van der Waals surface area contributed by atoms with E-state index in [0.717, 1.165) is 25.7 Å². The third-order valence-electron chi connectivity index (χ3n) is 8.06. The number of carboxylic acid groups (broad SMARTS) is 2. The molecule has 0 saturated carbocycles. The molecule has 0 aromatic carbocycles. The lowest BCUT2D eigenvalue weighted by Gasteiger charge is -2.00. The van der Waals surface area contributed by atoms with Crippen molar-refractivity contribution < 1.29 is 24.5 Å². The zero-order chi connectivity index (χ0) is 30.2. The number of ether oxygens (including phenoxy) is 1. The SMILES string of the molecule is CCCCCCCCC1OC1CCCCCCCC(=O)O.CCCCCCCCC=CCCCCCCCC(=O)O. The van der Waals surface area contributed by atoms with Gasteiger partial charge in [0.1, 0.15) is 0 Å². The number of unbranched alkanes of at least 4 members (excludes halogenated alkanes) is 20. The first-order valence-electron chi connectivity index (χ1n) is 17.7. The average Bonchev–Trinajstić information content (AvgIpc) is 3.70. The normalized spacial score (nSPS) is 16.0.